The van der Waals surface area contributed by atoms with E-state index in [2.05, 4.69) is 0 Å². The van der Waals surface area contributed by atoms with Crippen LogP contribution in [-0.2, 0) is 14.8 Å². The molecule has 0 heterocycles. The van der Waals surface area contributed by atoms with E-state index in [1.165, 1.54) is 18.2 Å². The van der Waals surface area contributed by atoms with Crippen molar-refractivity contribution in [2.45, 2.75) is 18.7 Å². The summed E-state index contributed by atoms with van der Waals surface area (Å²) in [4.78, 5) is 11.4. The van der Waals surface area contributed by atoms with Crippen LogP contribution in [0.25, 0.3) is 0 Å². The summed E-state index contributed by atoms with van der Waals surface area (Å²) in [6, 6.07) is 9.32. The summed E-state index contributed by atoms with van der Waals surface area (Å²) in [5, 5.41) is 0.349. The average Bonchev–Trinajstić information content (AvgIpc) is 2.48. The topological polar surface area (TPSA) is 80.5 Å². The molecular formula is C16H16Cl2N2O3S. The second kappa shape index (κ2) is 7.01. The van der Waals surface area contributed by atoms with Gasteiger partial charge in [-0.05, 0) is 43.2 Å². The van der Waals surface area contributed by atoms with Gasteiger partial charge in [0.15, 0.2) is 0 Å². The molecule has 2 N–H and O–H groups in total. The molecule has 2 aromatic carbocycles. The van der Waals surface area contributed by atoms with Gasteiger partial charge in [-0.2, -0.15) is 0 Å². The van der Waals surface area contributed by atoms with E-state index < -0.39 is 22.5 Å². The first-order valence-electron chi connectivity index (χ1n) is 6.97. The number of hydrogen-bond acceptors (Lipinski definition) is 3. The first-order valence-corrected chi connectivity index (χ1v) is 9.16. The van der Waals surface area contributed by atoms with Crippen LogP contribution in [0.5, 0.6) is 0 Å². The third kappa shape index (κ3) is 3.66. The van der Waals surface area contributed by atoms with Crippen LogP contribution in [0.3, 0.4) is 0 Å². The molecule has 0 saturated carbocycles. The van der Waals surface area contributed by atoms with Gasteiger partial charge in [0.05, 0.1) is 20.6 Å². The number of hydrogen-bond donors (Lipinski definition) is 1. The molecular weight excluding hydrogens is 371 g/mol. The summed E-state index contributed by atoms with van der Waals surface area (Å²) in [5.41, 5.74) is 7.10. The minimum atomic E-state index is -4.04. The largest absolute Gasteiger partial charge is 0.368 e. The molecule has 0 fully saturated rings. The summed E-state index contributed by atoms with van der Waals surface area (Å²) >= 11 is 11.8. The SMILES string of the molecule is Cc1cccc(C)c1N(CC(N)=O)S(=O)(=O)c1ccc(Cl)c(Cl)c1. The first-order chi connectivity index (χ1) is 11.1. The molecule has 0 aromatic heterocycles. The van der Waals surface area contributed by atoms with Gasteiger partial charge in [0.25, 0.3) is 10.0 Å². The number of sulfonamides is 1. The number of aryl methyl sites for hydroxylation is 2. The number of anilines is 1. The molecule has 0 atom stereocenters. The molecule has 2 aromatic rings. The Morgan fingerprint density at radius 2 is 1.67 bits per heavy atom. The van der Waals surface area contributed by atoms with Crippen LogP contribution in [0.2, 0.25) is 10.0 Å². The first kappa shape index (κ1) is 18.6. The molecule has 128 valence electrons. The number of carbonyl (C=O) groups is 1. The van der Waals surface area contributed by atoms with Gasteiger partial charge < -0.3 is 5.73 Å². The van der Waals surface area contributed by atoms with Crippen molar-refractivity contribution in [2.24, 2.45) is 5.73 Å². The van der Waals surface area contributed by atoms with Crippen LogP contribution in [-0.4, -0.2) is 20.9 Å². The molecule has 0 aliphatic carbocycles. The molecule has 0 spiro atoms. The van der Waals surface area contributed by atoms with E-state index in [1.807, 2.05) is 6.07 Å². The molecule has 0 radical (unpaired) electrons. The van der Waals surface area contributed by atoms with E-state index in [-0.39, 0.29) is 14.9 Å². The summed E-state index contributed by atoms with van der Waals surface area (Å²) in [5.74, 6) is -0.763. The molecule has 2 rings (SSSR count). The fraction of sp³-hybridized carbons (Fsp3) is 0.188. The van der Waals surface area contributed by atoms with Crippen molar-refractivity contribution in [1.29, 1.82) is 0 Å². The molecule has 0 aliphatic rings. The van der Waals surface area contributed by atoms with Crippen LogP contribution < -0.4 is 10.0 Å². The summed E-state index contributed by atoms with van der Waals surface area (Å²) in [6.07, 6.45) is 0. The molecule has 0 saturated heterocycles. The molecule has 0 unspecified atom stereocenters. The zero-order chi connectivity index (χ0) is 18.1. The lowest BCUT2D eigenvalue weighted by Gasteiger charge is -2.26. The number of amides is 1. The normalized spacial score (nSPS) is 11.3. The van der Waals surface area contributed by atoms with Gasteiger partial charge in [0.1, 0.15) is 6.54 Å². The maximum absolute atomic E-state index is 13.1. The Kier molecular flexibility index (Phi) is 5.42. The minimum Gasteiger partial charge on any atom is -0.368 e. The van der Waals surface area contributed by atoms with Crippen LogP contribution in [0.1, 0.15) is 11.1 Å². The highest BCUT2D eigenvalue weighted by atomic mass is 35.5. The smallest absolute Gasteiger partial charge is 0.264 e. The van der Waals surface area contributed by atoms with E-state index in [0.717, 1.165) is 4.31 Å². The predicted octanol–water partition coefficient (Wildman–Crippen LogP) is 3.29. The van der Waals surface area contributed by atoms with Gasteiger partial charge in [-0.1, -0.05) is 41.4 Å². The number of benzene rings is 2. The molecule has 0 bridgehead atoms. The Labute approximate surface area is 151 Å². The highest BCUT2D eigenvalue weighted by molar-refractivity contribution is 7.92. The van der Waals surface area contributed by atoms with Crippen LogP contribution in [0.4, 0.5) is 5.69 Å². The number of nitrogens with two attached hydrogens (primary N) is 1. The molecule has 5 nitrogen and oxygen atoms in total. The van der Waals surface area contributed by atoms with Crippen LogP contribution >= 0.6 is 23.2 Å². The van der Waals surface area contributed by atoms with Crippen LogP contribution in [0, 0.1) is 13.8 Å². The number of halogens is 2. The lowest BCUT2D eigenvalue weighted by Crippen LogP contribution is -2.39. The average molecular weight is 387 g/mol. The lowest BCUT2D eigenvalue weighted by atomic mass is 10.1. The maximum Gasteiger partial charge on any atom is 0.264 e. The molecule has 8 heteroatoms. The zero-order valence-corrected chi connectivity index (χ0v) is 15.4. The van der Waals surface area contributed by atoms with Crippen molar-refractivity contribution in [2.75, 3.05) is 10.8 Å². The standard InChI is InChI=1S/C16H16Cl2N2O3S/c1-10-4-3-5-11(2)16(10)20(9-15(19)21)24(22,23)12-6-7-13(17)14(18)8-12/h3-8H,9H2,1-2H3,(H2,19,21). The fourth-order valence-electron chi connectivity index (χ4n) is 2.39. The zero-order valence-electron chi connectivity index (χ0n) is 13.1. The third-order valence-electron chi connectivity index (χ3n) is 3.47. The van der Waals surface area contributed by atoms with E-state index in [9.17, 15) is 13.2 Å². The number of carbonyl (C=O) groups excluding carboxylic acids is 1. The maximum atomic E-state index is 13.1. The van der Waals surface area contributed by atoms with E-state index in [1.54, 1.807) is 26.0 Å². The number of primary amides is 1. The number of rotatable bonds is 5. The third-order valence-corrected chi connectivity index (χ3v) is 5.95. The van der Waals surface area contributed by atoms with Crippen molar-refractivity contribution >= 4 is 44.8 Å². The van der Waals surface area contributed by atoms with Crippen molar-refractivity contribution < 1.29 is 13.2 Å². The Bertz CT molecular complexity index is 878. The van der Waals surface area contributed by atoms with E-state index in [4.69, 9.17) is 28.9 Å². The fourth-order valence-corrected chi connectivity index (χ4v) is 4.34. The van der Waals surface area contributed by atoms with Gasteiger partial charge >= 0.3 is 0 Å². The van der Waals surface area contributed by atoms with Crippen molar-refractivity contribution in [3.8, 4) is 0 Å². The van der Waals surface area contributed by atoms with Crippen molar-refractivity contribution in [3.05, 3.63) is 57.6 Å². The molecule has 1 amide bonds. The Hall–Kier alpha value is -1.76. The van der Waals surface area contributed by atoms with E-state index >= 15 is 0 Å². The Morgan fingerprint density at radius 1 is 1.08 bits per heavy atom. The monoisotopic (exact) mass is 386 g/mol. The van der Waals surface area contributed by atoms with Crippen molar-refractivity contribution in [1.82, 2.24) is 0 Å². The summed E-state index contributed by atoms with van der Waals surface area (Å²) in [6.45, 7) is 3.05. The van der Waals surface area contributed by atoms with E-state index in [0.29, 0.717) is 16.8 Å². The quantitative estimate of drug-likeness (QED) is 0.855. The van der Waals surface area contributed by atoms with Gasteiger partial charge in [-0.25, -0.2) is 8.42 Å². The molecule has 0 aliphatic heterocycles. The van der Waals surface area contributed by atoms with Gasteiger partial charge in [-0.3, -0.25) is 9.10 Å². The van der Waals surface area contributed by atoms with Gasteiger partial charge in [0, 0.05) is 0 Å². The second-order valence-electron chi connectivity index (χ2n) is 5.29. The Balaban J connectivity index is 2.67. The number of nitrogens with zero attached hydrogens (tertiary/aromatic N) is 1. The second-order valence-corrected chi connectivity index (χ2v) is 7.97. The van der Waals surface area contributed by atoms with Crippen molar-refractivity contribution in [3.63, 3.8) is 0 Å². The van der Waals surface area contributed by atoms with Gasteiger partial charge in [-0.15, -0.1) is 0 Å². The lowest BCUT2D eigenvalue weighted by molar-refractivity contribution is -0.116. The Morgan fingerprint density at radius 3 is 2.17 bits per heavy atom. The summed E-state index contributed by atoms with van der Waals surface area (Å²) < 4.78 is 27.1. The van der Waals surface area contributed by atoms with Crippen LogP contribution in [0.15, 0.2) is 41.3 Å². The molecule has 24 heavy (non-hydrogen) atoms. The highest BCUT2D eigenvalue weighted by Gasteiger charge is 2.29. The highest BCUT2D eigenvalue weighted by Crippen LogP contribution is 2.32. The minimum absolute atomic E-state index is 0.0687. The number of para-hydroxylation sites is 1. The summed E-state index contributed by atoms with van der Waals surface area (Å²) in [7, 11) is -4.04. The van der Waals surface area contributed by atoms with Gasteiger partial charge in [0.2, 0.25) is 5.91 Å². The predicted molar refractivity (Wildman–Crippen MR) is 96.1 cm³/mol.